The number of nitrogens with one attached hydrogen (secondary N) is 2. The maximum atomic E-state index is 11.8. The number of amides is 1. The van der Waals surface area contributed by atoms with Gasteiger partial charge in [-0.15, -0.1) is 12.4 Å². The highest BCUT2D eigenvalue weighted by Crippen LogP contribution is 2.15. The topological polar surface area (TPSA) is 50.4 Å². The lowest BCUT2D eigenvalue weighted by Crippen LogP contribution is -2.47. The van der Waals surface area contributed by atoms with Gasteiger partial charge in [0.2, 0.25) is 5.91 Å². The first-order valence-electron chi connectivity index (χ1n) is 6.99. The van der Waals surface area contributed by atoms with Gasteiger partial charge in [-0.2, -0.15) is 0 Å². The third-order valence-electron chi connectivity index (χ3n) is 3.67. The number of hydrogen-bond acceptors (Lipinski definition) is 3. The van der Waals surface area contributed by atoms with Gasteiger partial charge in [0, 0.05) is 13.2 Å². The Kier molecular flexibility index (Phi) is 7.63. The monoisotopic (exact) mass is 276 g/mol. The van der Waals surface area contributed by atoms with E-state index in [0.717, 1.165) is 45.4 Å². The molecule has 2 saturated heterocycles. The second-order valence-electron chi connectivity index (χ2n) is 5.07. The molecule has 5 heteroatoms. The average Bonchev–Trinajstić information content (AvgIpc) is 2.41. The molecule has 1 unspecified atom stereocenters. The van der Waals surface area contributed by atoms with Crippen molar-refractivity contribution in [3.05, 3.63) is 0 Å². The molecule has 2 heterocycles. The summed E-state index contributed by atoms with van der Waals surface area (Å²) in [6.45, 7) is 2.62. The SMILES string of the molecule is Cl.O=C(NCCC1CCCCO1)[C@@H]1CCCCN1. The van der Waals surface area contributed by atoms with Gasteiger partial charge in [-0.3, -0.25) is 4.79 Å². The van der Waals surface area contributed by atoms with E-state index in [1.807, 2.05) is 0 Å². The normalized spacial score (nSPS) is 28.2. The summed E-state index contributed by atoms with van der Waals surface area (Å²) in [7, 11) is 0. The molecule has 1 amide bonds. The van der Waals surface area contributed by atoms with Gasteiger partial charge in [0.15, 0.2) is 0 Å². The summed E-state index contributed by atoms with van der Waals surface area (Å²) >= 11 is 0. The first-order chi connectivity index (χ1) is 8.36. The van der Waals surface area contributed by atoms with E-state index < -0.39 is 0 Å². The van der Waals surface area contributed by atoms with Crippen LogP contribution in [0.25, 0.3) is 0 Å². The predicted octanol–water partition coefficient (Wildman–Crippen LogP) is 1.63. The van der Waals surface area contributed by atoms with Gasteiger partial charge in [0.05, 0.1) is 12.1 Å². The van der Waals surface area contributed by atoms with Crippen LogP contribution in [0.1, 0.15) is 44.9 Å². The Labute approximate surface area is 116 Å². The lowest BCUT2D eigenvalue weighted by atomic mass is 10.0. The fraction of sp³-hybridized carbons (Fsp3) is 0.923. The van der Waals surface area contributed by atoms with Crippen LogP contribution in [0.3, 0.4) is 0 Å². The van der Waals surface area contributed by atoms with E-state index in [9.17, 15) is 4.79 Å². The molecule has 2 aliphatic rings. The first kappa shape index (κ1) is 15.7. The summed E-state index contributed by atoms with van der Waals surface area (Å²) in [5.41, 5.74) is 0. The van der Waals surface area contributed by atoms with Crippen LogP contribution in [0.5, 0.6) is 0 Å². The van der Waals surface area contributed by atoms with E-state index >= 15 is 0 Å². The Hall–Kier alpha value is -0.320. The van der Waals surface area contributed by atoms with Gasteiger partial charge in [0.25, 0.3) is 0 Å². The summed E-state index contributed by atoms with van der Waals surface area (Å²) in [6, 6.07) is 0.0380. The van der Waals surface area contributed by atoms with Crippen LogP contribution in [-0.4, -0.2) is 37.7 Å². The lowest BCUT2D eigenvalue weighted by Gasteiger charge is -2.24. The number of hydrogen-bond donors (Lipinski definition) is 2. The van der Waals surface area contributed by atoms with E-state index in [4.69, 9.17) is 4.74 Å². The molecular weight excluding hydrogens is 252 g/mol. The van der Waals surface area contributed by atoms with Gasteiger partial charge in [-0.25, -0.2) is 0 Å². The molecule has 0 spiro atoms. The molecule has 106 valence electrons. The highest BCUT2D eigenvalue weighted by Gasteiger charge is 2.20. The lowest BCUT2D eigenvalue weighted by molar-refractivity contribution is -0.123. The van der Waals surface area contributed by atoms with E-state index in [0.29, 0.717) is 6.10 Å². The fourth-order valence-corrected chi connectivity index (χ4v) is 2.59. The smallest absolute Gasteiger partial charge is 0.237 e. The molecule has 18 heavy (non-hydrogen) atoms. The van der Waals surface area contributed by atoms with Gasteiger partial charge in [-0.05, 0) is 45.1 Å². The van der Waals surface area contributed by atoms with Crippen molar-refractivity contribution in [2.75, 3.05) is 19.7 Å². The molecule has 2 atom stereocenters. The zero-order chi connectivity index (χ0) is 11.9. The van der Waals surface area contributed by atoms with E-state index in [-0.39, 0.29) is 24.4 Å². The molecule has 2 fully saturated rings. The molecule has 4 nitrogen and oxygen atoms in total. The van der Waals surface area contributed by atoms with Crippen molar-refractivity contribution in [3.8, 4) is 0 Å². The van der Waals surface area contributed by atoms with Crippen LogP contribution in [0.2, 0.25) is 0 Å². The standard InChI is InChI=1S/C13H24N2O2.ClH/c16-13(12-6-1-3-8-14-12)15-9-7-11-5-2-4-10-17-11;/h11-12,14H,1-10H2,(H,15,16);1H/t11?,12-;/m0./s1. The number of piperidine rings is 1. The molecule has 0 saturated carbocycles. The number of halogens is 1. The number of carbonyl (C=O) groups is 1. The summed E-state index contributed by atoms with van der Waals surface area (Å²) < 4.78 is 5.64. The highest BCUT2D eigenvalue weighted by molar-refractivity contribution is 5.85. The van der Waals surface area contributed by atoms with E-state index in [1.165, 1.54) is 19.3 Å². The summed E-state index contributed by atoms with van der Waals surface area (Å²) in [5.74, 6) is 0.167. The van der Waals surface area contributed by atoms with Crippen molar-refractivity contribution in [2.45, 2.75) is 57.1 Å². The molecule has 0 aromatic carbocycles. The zero-order valence-electron chi connectivity index (χ0n) is 11.0. The van der Waals surface area contributed by atoms with Crippen LogP contribution >= 0.6 is 12.4 Å². The summed E-state index contributed by atoms with van der Waals surface area (Å²) in [4.78, 5) is 11.8. The number of carbonyl (C=O) groups excluding carboxylic acids is 1. The van der Waals surface area contributed by atoms with Gasteiger partial charge in [0.1, 0.15) is 0 Å². The highest BCUT2D eigenvalue weighted by atomic mass is 35.5. The Morgan fingerprint density at radius 1 is 1.22 bits per heavy atom. The van der Waals surface area contributed by atoms with Crippen molar-refractivity contribution < 1.29 is 9.53 Å². The third kappa shape index (κ3) is 5.12. The molecule has 0 aromatic heterocycles. The van der Waals surface area contributed by atoms with Gasteiger partial charge >= 0.3 is 0 Å². The Bertz CT molecular complexity index is 239. The van der Waals surface area contributed by atoms with Crippen molar-refractivity contribution in [2.24, 2.45) is 0 Å². The number of rotatable bonds is 4. The van der Waals surface area contributed by atoms with Crippen LogP contribution in [0.4, 0.5) is 0 Å². The number of ether oxygens (including phenoxy) is 1. The Morgan fingerprint density at radius 3 is 2.72 bits per heavy atom. The second kappa shape index (κ2) is 8.73. The third-order valence-corrected chi connectivity index (χ3v) is 3.67. The molecule has 0 radical (unpaired) electrons. The van der Waals surface area contributed by atoms with Crippen LogP contribution in [0.15, 0.2) is 0 Å². The van der Waals surface area contributed by atoms with Crippen LogP contribution in [-0.2, 0) is 9.53 Å². The van der Waals surface area contributed by atoms with Gasteiger partial charge < -0.3 is 15.4 Å². The summed E-state index contributed by atoms with van der Waals surface area (Å²) in [5, 5.41) is 6.28. The minimum Gasteiger partial charge on any atom is -0.378 e. The summed E-state index contributed by atoms with van der Waals surface area (Å²) in [6.07, 6.45) is 8.26. The maximum Gasteiger partial charge on any atom is 0.237 e. The molecule has 2 rings (SSSR count). The van der Waals surface area contributed by atoms with Crippen LogP contribution in [0, 0.1) is 0 Å². The fourth-order valence-electron chi connectivity index (χ4n) is 2.59. The van der Waals surface area contributed by atoms with Crippen LogP contribution < -0.4 is 10.6 Å². The molecular formula is C13H25ClN2O2. The zero-order valence-corrected chi connectivity index (χ0v) is 11.8. The predicted molar refractivity (Wildman–Crippen MR) is 74.1 cm³/mol. The van der Waals surface area contributed by atoms with E-state index in [1.54, 1.807) is 0 Å². The van der Waals surface area contributed by atoms with Crippen molar-refractivity contribution in [1.29, 1.82) is 0 Å². The molecule has 0 bridgehead atoms. The first-order valence-corrected chi connectivity index (χ1v) is 6.99. The van der Waals surface area contributed by atoms with Gasteiger partial charge in [-0.1, -0.05) is 6.42 Å². The molecule has 0 aromatic rings. The second-order valence-corrected chi connectivity index (χ2v) is 5.07. The Morgan fingerprint density at radius 2 is 2.06 bits per heavy atom. The van der Waals surface area contributed by atoms with E-state index in [2.05, 4.69) is 10.6 Å². The van der Waals surface area contributed by atoms with Crippen molar-refractivity contribution >= 4 is 18.3 Å². The average molecular weight is 277 g/mol. The quantitative estimate of drug-likeness (QED) is 0.821. The van der Waals surface area contributed by atoms with Crippen molar-refractivity contribution in [1.82, 2.24) is 10.6 Å². The Balaban J connectivity index is 0.00000162. The van der Waals surface area contributed by atoms with Crippen molar-refractivity contribution in [3.63, 3.8) is 0 Å². The molecule has 2 N–H and O–H groups in total. The molecule has 2 aliphatic heterocycles. The minimum absolute atomic E-state index is 0. The maximum absolute atomic E-state index is 11.8. The largest absolute Gasteiger partial charge is 0.378 e. The minimum atomic E-state index is 0. The molecule has 0 aliphatic carbocycles.